The molecule has 3 rings (SSSR count). The third-order valence-electron chi connectivity index (χ3n) is 3.76. The third-order valence-corrected chi connectivity index (χ3v) is 3.76. The van der Waals surface area contributed by atoms with E-state index in [-0.39, 0.29) is 0 Å². The van der Waals surface area contributed by atoms with Gasteiger partial charge in [-0.05, 0) is 49.1 Å². The Kier molecular flexibility index (Phi) is 2.40. The molecule has 1 fully saturated rings. The fourth-order valence-corrected chi connectivity index (χ4v) is 2.16. The van der Waals surface area contributed by atoms with E-state index in [0.29, 0.717) is 5.41 Å². The molecule has 0 bridgehead atoms. The first-order valence-corrected chi connectivity index (χ1v) is 6.21. The highest BCUT2D eigenvalue weighted by molar-refractivity contribution is 5.37. The zero-order valence-electron chi connectivity index (χ0n) is 9.88. The fraction of sp³-hybridized carbons (Fsp3) is 0.571. The molecule has 0 spiro atoms. The number of nitrogens with one attached hydrogen (secondary N) is 1. The van der Waals surface area contributed by atoms with E-state index in [1.165, 1.54) is 24.0 Å². The van der Waals surface area contributed by atoms with Crippen LogP contribution in [0.1, 0.15) is 30.9 Å². The first-order chi connectivity index (χ1) is 7.75. The Bertz CT molecular complexity index is 396. The first-order valence-electron chi connectivity index (χ1n) is 6.21. The van der Waals surface area contributed by atoms with Crippen molar-refractivity contribution in [3.05, 3.63) is 29.3 Å². The second-order valence-corrected chi connectivity index (χ2v) is 5.46. The van der Waals surface area contributed by atoms with Crippen molar-refractivity contribution in [3.8, 4) is 5.75 Å². The number of rotatable bonds is 3. The van der Waals surface area contributed by atoms with Crippen molar-refractivity contribution in [1.82, 2.24) is 5.32 Å². The average Bonchev–Trinajstić information content (AvgIpc) is 3.05. The van der Waals surface area contributed by atoms with E-state index in [2.05, 4.69) is 30.4 Å². The molecule has 1 aliphatic carbocycles. The molecule has 0 saturated heterocycles. The molecule has 86 valence electrons. The Morgan fingerprint density at radius 3 is 3.00 bits per heavy atom. The molecule has 2 nitrogen and oxygen atoms in total. The lowest BCUT2D eigenvalue weighted by molar-refractivity contribution is 0.247. The lowest BCUT2D eigenvalue weighted by atomic mass is 10.0. The van der Waals surface area contributed by atoms with Gasteiger partial charge in [-0.15, -0.1) is 0 Å². The Balaban J connectivity index is 1.70. The topological polar surface area (TPSA) is 21.3 Å². The van der Waals surface area contributed by atoms with Crippen LogP contribution in [0, 0.1) is 5.41 Å². The summed E-state index contributed by atoms with van der Waals surface area (Å²) < 4.78 is 5.87. The summed E-state index contributed by atoms with van der Waals surface area (Å²) in [6.45, 7) is 5.27. The summed E-state index contributed by atoms with van der Waals surface area (Å²) in [5, 5.41) is 3.40. The van der Waals surface area contributed by atoms with Crippen molar-refractivity contribution < 1.29 is 4.74 Å². The molecule has 16 heavy (non-hydrogen) atoms. The summed E-state index contributed by atoms with van der Waals surface area (Å²) in [6, 6.07) is 6.55. The van der Waals surface area contributed by atoms with Gasteiger partial charge in [0.15, 0.2) is 0 Å². The van der Waals surface area contributed by atoms with E-state index in [4.69, 9.17) is 4.74 Å². The summed E-state index contributed by atoms with van der Waals surface area (Å²) in [4.78, 5) is 0. The second-order valence-electron chi connectivity index (χ2n) is 5.46. The van der Waals surface area contributed by atoms with Crippen molar-refractivity contribution in [2.45, 2.75) is 32.7 Å². The minimum absolute atomic E-state index is 0.466. The molecule has 1 aromatic rings. The van der Waals surface area contributed by atoms with Crippen molar-refractivity contribution in [1.29, 1.82) is 0 Å². The molecular weight excluding hydrogens is 198 g/mol. The van der Waals surface area contributed by atoms with Gasteiger partial charge < -0.3 is 10.1 Å². The van der Waals surface area contributed by atoms with Crippen LogP contribution in [0.15, 0.2) is 18.2 Å². The minimum Gasteiger partial charge on any atom is -0.493 e. The highest BCUT2D eigenvalue weighted by Gasteiger charge is 2.38. The highest BCUT2D eigenvalue weighted by atomic mass is 16.5. The summed E-state index contributed by atoms with van der Waals surface area (Å²) in [7, 11) is 0. The normalized spacial score (nSPS) is 21.3. The summed E-state index contributed by atoms with van der Waals surface area (Å²) in [5.41, 5.74) is 3.35. The van der Waals surface area contributed by atoms with Gasteiger partial charge in [0.2, 0.25) is 0 Å². The van der Waals surface area contributed by atoms with Gasteiger partial charge in [0, 0.05) is 12.0 Å². The number of fused-ring (bicyclic) bond motifs is 1. The number of benzene rings is 1. The lowest BCUT2D eigenvalue weighted by Gasteiger charge is -2.18. The molecular formula is C14H19NO. The molecule has 1 aromatic carbocycles. The van der Waals surface area contributed by atoms with Gasteiger partial charge in [-0.3, -0.25) is 0 Å². The van der Waals surface area contributed by atoms with E-state index in [9.17, 15) is 0 Å². The first kappa shape index (κ1) is 10.2. The Labute approximate surface area is 97.0 Å². The maximum Gasteiger partial charge on any atom is 0.119 e. The van der Waals surface area contributed by atoms with Gasteiger partial charge in [-0.1, -0.05) is 13.0 Å². The van der Waals surface area contributed by atoms with Gasteiger partial charge >= 0.3 is 0 Å². The molecule has 0 unspecified atom stereocenters. The van der Waals surface area contributed by atoms with Crippen molar-refractivity contribution in [3.63, 3.8) is 0 Å². The van der Waals surface area contributed by atoms with Crippen LogP contribution in [0.3, 0.4) is 0 Å². The number of hydrogen-bond acceptors (Lipinski definition) is 2. The molecule has 1 N–H and O–H groups in total. The van der Waals surface area contributed by atoms with Crippen LogP contribution in [0.4, 0.5) is 0 Å². The van der Waals surface area contributed by atoms with Gasteiger partial charge in [0.1, 0.15) is 5.75 Å². The predicted molar refractivity (Wildman–Crippen MR) is 64.7 cm³/mol. The number of hydrogen-bond donors (Lipinski definition) is 1. The molecule has 0 radical (unpaired) electrons. The zero-order valence-corrected chi connectivity index (χ0v) is 9.88. The van der Waals surface area contributed by atoms with E-state index >= 15 is 0 Å². The molecule has 0 atom stereocenters. The molecule has 1 heterocycles. The van der Waals surface area contributed by atoms with Gasteiger partial charge in [0.25, 0.3) is 0 Å². The van der Waals surface area contributed by atoms with Crippen molar-refractivity contribution in [2.75, 3.05) is 13.2 Å². The minimum atomic E-state index is 0.466. The maximum absolute atomic E-state index is 5.87. The predicted octanol–water partition coefficient (Wildman–Crippen LogP) is 2.51. The summed E-state index contributed by atoms with van der Waals surface area (Å²) in [5.74, 6) is 1.04. The molecule has 0 amide bonds. The Hall–Kier alpha value is -1.02. The van der Waals surface area contributed by atoms with Crippen LogP contribution in [0.25, 0.3) is 0 Å². The van der Waals surface area contributed by atoms with E-state index in [1.54, 1.807) is 0 Å². The van der Waals surface area contributed by atoms with E-state index < -0.39 is 0 Å². The van der Waals surface area contributed by atoms with Crippen LogP contribution in [0.5, 0.6) is 5.75 Å². The Morgan fingerprint density at radius 1 is 1.31 bits per heavy atom. The van der Waals surface area contributed by atoms with Gasteiger partial charge in [0.05, 0.1) is 6.61 Å². The smallest absolute Gasteiger partial charge is 0.119 e. The SMILES string of the molecule is CC1(COc2ccc3c(c2)CNCC3)CC1. The molecule has 2 heteroatoms. The zero-order chi connectivity index (χ0) is 11.0. The number of ether oxygens (including phenoxy) is 1. The standard InChI is InChI=1S/C14H19NO/c1-14(5-6-14)10-16-13-3-2-11-4-7-15-9-12(11)8-13/h2-3,8,15H,4-7,9-10H2,1H3. The Morgan fingerprint density at radius 2 is 2.19 bits per heavy atom. The van der Waals surface area contributed by atoms with Crippen LogP contribution in [0.2, 0.25) is 0 Å². The second kappa shape index (κ2) is 3.77. The van der Waals surface area contributed by atoms with Crippen molar-refractivity contribution in [2.24, 2.45) is 5.41 Å². The van der Waals surface area contributed by atoms with Gasteiger partial charge in [-0.2, -0.15) is 0 Å². The third kappa shape index (κ3) is 2.07. The fourth-order valence-electron chi connectivity index (χ4n) is 2.16. The largest absolute Gasteiger partial charge is 0.493 e. The highest BCUT2D eigenvalue weighted by Crippen LogP contribution is 2.45. The van der Waals surface area contributed by atoms with Crippen LogP contribution in [-0.2, 0) is 13.0 Å². The van der Waals surface area contributed by atoms with Crippen LogP contribution < -0.4 is 10.1 Å². The van der Waals surface area contributed by atoms with E-state index in [0.717, 1.165) is 31.9 Å². The molecule has 0 aromatic heterocycles. The maximum atomic E-state index is 5.87. The average molecular weight is 217 g/mol. The lowest BCUT2D eigenvalue weighted by Crippen LogP contribution is -2.23. The quantitative estimate of drug-likeness (QED) is 0.840. The van der Waals surface area contributed by atoms with Gasteiger partial charge in [-0.25, -0.2) is 0 Å². The van der Waals surface area contributed by atoms with Crippen LogP contribution in [-0.4, -0.2) is 13.2 Å². The molecule has 1 saturated carbocycles. The van der Waals surface area contributed by atoms with E-state index in [1.807, 2.05) is 0 Å². The summed E-state index contributed by atoms with van der Waals surface area (Å²) in [6.07, 6.45) is 3.78. The summed E-state index contributed by atoms with van der Waals surface area (Å²) >= 11 is 0. The monoisotopic (exact) mass is 217 g/mol. The van der Waals surface area contributed by atoms with Crippen molar-refractivity contribution >= 4 is 0 Å². The molecule has 1 aliphatic heterocycles. The molecule has 2 aliphatic rings. The van der Waals surface area contributed by atoms with Crippen LogP contribution >= 0.6 is 0 Å².